The molecule has 0 atom stereocenters. The number of carbonyl (C=O) groups is 1. The van der Waals surface area contributed by atoms with Gasteiger partial charge < -0.3 is 9.47 Å². The number of carbonyl (C=O) groups excluding carboxylic acids is 1. The van der Waals surface area contributed by atoms with E-state index in [1.54, 1.807) is 7.11 Å². The lowest BCUT2D eigenvalue weighted by Gasteiger charge is -2.03. The zero-order chi connectivity index (χ0) is 17.7. The van der Waals surface area contributed by atoms with Crippen molar-refractivity contribution in [3.63, 3.8) is 0 Å². The van der Waals surface area contributed by atoms with Gasteiger partial charge in [0.2, 0.25) is 0 Å². The normalized spacial score (nSPS) is 14.0. The predicted octanol–water partition coefficient (Wildman–Crippen LogP) is 5.78. The van der Waals surface area contributed by atoms with Crippen LogP contribution in [0.2, 0.25) is 0 Å². The molecule has 1 fully saturated rings. The number of hydrogen-bond donors (Lipinski definition) is 0. The Hall–Kier alpha value is -1.77. The van der Waals surface area contributed by atoms with Crippen LogP contribution in [0, 0.1) is 5.92 Å². The Morgan fingerprint density at radius 3 is 2.40 bits per heavy atom. The SMILES string of the molecule is COc1ccc(C=CCOC(=O)CCCCCCCCC2CC2)cc1. The van der Waals surface area contributed by atoms with Crippen molar-refractivity contribution in [1.82, 2.24) is 0 Å². The molecule has 0 radical (unpaired) electrons. The quantitative estimate of drug-likeness (QED) is 0.336. The lowest BCUT2D eigenvalue weighted by molar-refractivity contribution is -0.142. The van der Waals surface area contributed by atoms with Gasteiger partial charge in [-0.3, -0.25) is 4.79 Å². The van der Waals surface area contributed by atoms with Crippen molar-refractivity contribution in [2.75, 3.05) is 13.7 Å². The lowest BCUT2D eigenvalue weighted by Crippen LogP contribution is -2.03. The van der Waals surface area contributed by atoms with Crippen LogP contribution in [-0.4, -0.2) is 19.7 Å². The number of rotatable bonds is 13. The lowest BCUT2D eigenvalue weighted by atomic mass is 10.1. The third-order valence-corrected chi connectivity index (χ3v) is 4.71. The zero-order valence-electron chi connectivity index (χ0n) is 15.5. The van der Waals surface area contributed by atoms with E-state index in [2.05, 4.69) is 0 Å². The molecule has 25 heavy (non-hydrogen) atoms. The largest absolute Gasteiger partial charge is 0.497 e. The third-order valence-electron chi connectivity index (χ3n) is 4.71. The second-order valence-corrected chi connectivity index (χ2v) is 6.96. The van der Waals surface area contributed by atoms with Crippen LogP contribution in [0.1, 0.15) is 69.8 Å². The minimum atomic E-state index is -0.0897. The summed E-state index contributed by atoms with van der Waals surface area (Å²) in [6.45, 7) is 0.339. The second-order valence-electron chi connectivity index (χ2n) is 6.96. The fraction of sp³-hybridized carbons (Fsp3) is 0.591. The van der Waals surface area contributed by atoms with Gasteiger partial charge in [-0.1, -0.05) is 69.6 Å². The molecule has 0 bridgehead atoms. The van der Waals surface area contributed by atoms with E-state index in [4.69, 9.17) is 9.47 Å². The summed E-state index contributed by atoms with van der Waals surface area (Å²) in [6, 6.07) is 7.78. The van der Waals surface area contributed by atoms with Crippen LogP contribution < -0.4 is 4.74 Å². The number of benzene rings is 1. The summed E-state index contributed by atoms with van der Waals surface area (Å²) >= 11 is 0. The van der Waals surface area contributed by atoms with Crippen molar-refractivity contribution >= 4 is 12.0 Å². The standard InChI is InChI=1S/C22H32O3/c1-24-21-16-14-20(15-17-21)10-8-18-25-22(23)11-7-5-3-2-4-6-9-19-12-13-19/h8,10,14-17,19H,2-7,9,11-13,18H2,1H3. The maximum absolute atomic E-state index is 11.7. The van der Waals surface area contributed by atoms with E-state index in [9.17, 15) is 4.79 Å². The van der Waals surface area contributed by atoms with Crippen LogP contribution in [0.3, 0.4) is 0 Å². The molecular weight excluding hydrogens is 312 g/mol. The van der Waals surface area contributed by atoms with Gasteiger partial charge in [-0.15, -0.1) is 0 Å². The number of methoxy groups -OCH3 is 1. The van der Waals surface area contributed by atoms with Gasteiger partial charge in [-0.25, -0.2) is 0 Å². The molecule has 0 heterocycles. The van der Waals surface area contributed by atoms with E-state index >= 15 is 0 Å². The van der Waals surface area contributed by atoms with Crippen molar-refractivity contribution in [2.45, 2.75) is 64.2 Å². The fourth-order valence-corrected chi connectivity index (χ4v) is 2.93. The van der Waals surface area contributed by atoms with Crippen LogP contribution in [-0.2, 0) is 9.53 Å². The first-order valence-electron chi connectivity index (χ1n) is 9.74. The molecule has 0 N–H and O–H groups in total. The summed E-state index contributed by atoms with van der Waals surface area (Å²) in [4.78, 5) is 11.7. The molecule has 1 aliphatic rings. The first-order chi connectivity index (χ1) is 12.3. The number of unbranched alkanes of at least 4 members (excludes halogenated alkanes) is 5. The molecule has 2 rings (SSSR count). The topological polar surface area (TPSA) is 35.5 Å². The molecule has 1 saturated carbocycles. The van der Waals surface area contributed by atoms with E-state index in [1.165, 1.54) is 44.9 Å². The molecule has 0 spiro atoms. The Labute approximate surface area is 152 Å². The highest BCUT2D eigenvalue weighted by Crippen LogP contribution is 2.34. The van der Waals surface area contributed by atoms with E-state index in [-0.39, 0.29) is 5.97 Å². The summed E-state index contributed by atoms with van der Waals surface area (Å²) in [5, 5.41) is 0. The molecule has 3 nitrogen and oxygen atoms in total. The molecule has 0 unspecified atom stereocenters. The van der Waals surface area contributed by atoms with Crippen molar-refractivity contribution in [2.24, 2.45) is 5.92 Å². The van der Waals surface area contributed by atoms with Gasteiger partial charge in [0, 0.05) is 6.42 Å². The van der Waals surface area contributed by atoms with Gasteiger partial charge >= 0.3 is 5.97 Å². The molecule has 0 amide bonds. The average molecular weight is 344 g/mol. The van der Waals surface area contributed by atoms with Gasteiger partial charge in [-0.05, 0) is 36.1 Å². The van der Waals surface area contributed by atoms with Crippen molar-refractivity contribution in [1.29, 1.82) is 0 Å². The van der Waals surface area contributed by atoms with E-state index < -0.39 is 0 Å². The van der Waals surface area contributed by atoms with Crippen LogP contribution >= 0.6 is 0 Å². The van der Waals surface area contributed by atoms with E-state index in [0.717, 1.165) is 30.1 Å². The number of hydrogen-bond acceptors (Lipinski definition) is 3. The van der Waals surface area contributed by atoms with Gasteiger partial charge in [0.1, 0.15) is 12.4 Å². The van der Waals surface area contributed by atoms with Crippen molar-refractivity contribution < 1.29 is 14.3 Å². The van der Waals surface area contributed by atoms with Crippen LogP contribution in [0.5, 0.6) is 5.75 Å². The van der Waals surface area contributed by atoms with Crippen LogP contribution in [0.4, 0.5) is 0 Å². The average Bonchev–Trinajstić information content (AvgIpc) is 3.46. The summed E-state index contributed by atoms with van der Waals surface area (Å²) < 4.78 is 10.4. The molecule has 3 heteroatoms. The molecule has 0 aromatic heterocycles. The first kappa shape index (κ1) is 19.6. The molecular formula is C22H32O3. The fourth-order valence-electron chi connectivity index (χ4n) is 2.93. The Bertz CT molecular complexity index is 515. The molecule has 0 aliphatic heterocycles. The first-order valence-corrected chi connectivity index (χ1v) is 9.74. The minimum absolute atomic E-state index is 0.0897. The number of ether oxygens (including phenoxy) is 2. The minimum Gasteiger partial charge on any atom is -0.497 e. The van der Waals surface area contributed by atoms with Gasteiger partial charge in [0.05, 0.1) is 7.11 Å². The van der Waals surface area contributed by atoms with Crippen molar-refractivity contribution in [3.8, 4) is 5.75 Å². The van der Waals surface area contributed by atoms with E-state index in [0.29, 0.717) is 13.0 Å². The summed E-state index contributed by atoms with van der Waals surface area (Å²) in [6.07, 6.45) is 16.1. The monoisotopic (exact) mass is 344 g/mol. The number of esters is 1. The maximum Gasteiger partial charge on any atom is 0.306 e. The molecule has 0 saturated heterocycles. The van der Waals surface area contributed by atoms with Crippen molar-refractivity contribution in [3.05, 3.63) is 35.9 Å². The summed E-state index contributed by atoms with van der Waals surface area (Å²) in [5.74, 6) is 1.81. The molecule has 1 aliphatic carbocycles. The highest BCUT2D eigenvalue weighted by molar-refractivity contribution is 5.69. The maximum atomic E-state index is 11.7. The summed E-state index contributed by atoms with van der Waals surface area (Å²) in [7, 11) is 1.65. The second kappa shape index (κ2) is 11.7. The Balaban J connectivity index is 1.42. The van der Waals surface area contributed by atoms with E-state index in [1.807, 2.05) is 36.4 Å². The molecule has 1 aromatic rings. The van der Waals surface area contributed by atoms with Crippen LogP contribution in [0.25, 0.3) is 6.08 Å². The van der Waals surface area contributed by atoms with Gasteiger partial charge in [-0.2, -0.15) is 0 Å². The Kier molecular flexibility index (Phi) is 9.17. The smallest absolute Gasteiger partial charge is 0.306 e. The Morgan fingerprint density at radius 1 is 1.04 bits per heavy atom. The Morgan fingerprint density at radius 2 is 1.72 bits per heavy atom. The van der Waals surface area contributed by atoms with Gasteiger partial charge in [0.25, 0.3) is 0 Å². The highest BCUT2D eigenvalue weighted by atomic mass is 16.5. The predicted molar refractivity (Wildman–Crippen MR) is 103 cm³/mol. The highest BCUT2D eigenvalue weighted by Gasteiger charge is 2.19. The summed E-state index contributed by atoms with van der Waals surface area (Å²) in [5.41, 5.74) is 1.07. The zero-order valence-corrected chi connectivity index (χ0v) is 15.5. The molecule has 138 valence electrons. The van der Waals surface area contributed by atoms with Crippen LogP contribution in [0.15, 0.2) is 30.3 Å². The third kappa shape index (κ3) is 9.33. The van der Waals surface area contributed by atoms with Gasteiger partial charge in [0.15, 0.2) is 0 Å². The molecule has 1 aromatic carbocycles.